The minimum Gasteiger partial charge on any atom is -0.461 e. The lowest BCUT2D eigenvalue weighted by molar-refractivity contribution is -0.149. The van der Waals surface area contributed by atoms with Gasteiger partial charge in [-0.1, -0.05) is 57.5 Å². The molecule has 26 heavy (non-hydrogen) atoms. The van der Waals surface area contributed by atoms with Gasteiger partial charge in [-0.25, -0.2) is 0 Å². The zero-order chi connectivity index (χ0) is 18.8. The van der Waals surface area contributed by atoms with Crippen LogP contribution in [0.25, 0.3) is 0 Å². The molecule has 0 spiro atoms. The highest BCUT2D eigenvalue weighted by molar-refractivity contribution is 5.72. The Kier molecular flexibility index (Phi) is 9.13. The third kappa shape index (κ3) is 6.73. The van der Waals surface area contributed by atoms with E-state index in [9.17, 15) is 4.79 Å². The first-order chi connectivity index (χ1) is 12.6. The average Bonchev–Trinajstić information content (AvgIpc) is 3.12. The molecule has 146 valence electrons. The van der Waals surface area contributed by atoms with Gasteiger partial charge in [0, 0.05) is 18.7 Å². The Balaban J connectivity index is 0.000000758. The minimum atomic E-state index is -0.0434. The molecule has 0 aromatic heterocycles. The van der Waals surface area contributed by atoms with Crippen molar-refractivity contribution < 1.29 is 14.3 Å². The van der Waals surface area contributed by atoms with E-state index in [0.717, 1.165) is 44.5 Å². The van der Waals surface area contributed by atoms with Gasteiger partial charge in [0.25, 0.3) is 0 Å². The van der Waals surface area contributed by atoms with Crippen molar-refractivity contribution in [3.05, 3.63) is 35.9 Å². The van der Waals surface area contributed by atoms with Crippen LogP contribution in [0.1, 0.15) is 58.4 Å². The summed E-state index contributed by atoms with van der Waals surface area (Å²) in [7, 11) is 0. The highest BCUT2D eigenvalue weighted by Crippen LogP contribution is 2.28. The summed E-state index contributed by atoms with van der Waals surface area (Å²) in [4.78, 5) is 12.3. The maximum Gasteiger partial charge on any atom is 0.309 e. The maximum atomic E-state index is 12.3. The number of esters is 1. The fraction of sp³-hybridized carbons (Fsp3) is 0.682. The van der Waals surface area contributed by atoms with Gasteiger partial charge in [-0.3, -0.25) is 4.79 Å². The molecule has 4 heteroatoms. The summed E-state index contributed by atoms with van der Waals surface area (Å²) >= 11 is 0. The van der Waals surface area contributed by atoms with Crippen molar-refractivity contribution in [1.82, 2.24) is 5.32 Å². The minimum absolute atomic E-state index is 0.0434. The quantitative estimate of drug-likeness (QED) is 0.793. The molecule has 4 atom stereocenters. The molecule has 2 aliphatic rings. The van der Waals surface area contributed by atoms with E-state index in [2.05, 4.69) is 26.1 Å². The van der Waals surface area contributed by atoms with E-state index in [-0.39, 0.29) is 11.9 Å². The average molecular weight is 362 g/mol. The molecule has 1 saturated heterocycles. The number of carbonyl (C=O) groups is 1. The second-order valence-corrected chi connectivity index (χ2v) is 7.62. The fourth-order valence-electron chi connectivity index (χ4n) is 3.62. The Bertz CT molecular complexity index is 519. The number of hydrogen-bond donors (Lipinski definition) is 1. The van der Waals surface area contributed by atoms with E-state index in [4.69, 9.17) is 9.47 Å². The van der Waals surface area contributed by atoms with E-state index < -0.39 is 0 Å². The Morgan fingerprint density at radius 2 is 1.92 bits per heavy atom. The Labute approximate surface area is 158 Å². The molecular weight excluding hydrogens is 326 g/mol. The van der Waals surface area contributed by atoms with E-state index in [1.165, 1.54) is 6.42 Å². The largest absolute Gasteiger partial charge is 0.461 e. The molecule has 0 bridgehead atoms. The maximum absolute atomic E-state index is 12.3. The second-order valence-electron chi connectivity index (χ2n) is 7.62. The number of rotatable bonds is 5. The predicted octanol–water partition coefficient (Wildman–Crippen LogP) is 4.33. The van der Waals surface area contributed by atoms with E-state index in [1.54, 1.807) is 0 Å². The Morgan fingerprint density at radius 3 is 2.62 bits per heavy atom. The van der Waals surface area contributed by atoms with Gasteiger partial charge < -0.3 is 14.8 Å². The zero-order valence-electron chi connectivity index (χ0n) is 16.6. The highest BCUT2D eigenvalue weighted by Gasteiger charge is 2.33. The zero-order valence-corrected chi connectivity index (χ0v) is 16.6. The van der Waals surface area contributed by atoms with Gasteiger partial charge in [0.2, 0.25) is 0 Å². The van der Waals surface area contributed by atoms with Gasteiger partial charge >= 0.3 is 5.97 Å². The monoisotopic (exact) mass is 361 g/mol. The number of carbonyl (C=O) groups excluding carboxylic acids is 1. The van der Waals surface area contributed by atoms with Crippen molar-refractivity contribution in [2.75, 3.05) is 13.2 Å². The van der Waals surface area contributed by atoms with Gasteiger partial charge in [-0.05, 0) is 37.2 Å². The van der Waals surface area contributed by atoms with Gasteiger partial charge in [-0.2, -0.15) is 0 Å². The van der Waals surface area contributed by atoms with Gasteiger partial charge in [0.05, 0.1) is 12.5 Å². The second kappa shape index (κ2) is 11.3. The lowest BCUT2D eigenvalue weighted by Gasteiger charge is -2.32. The summed E-state index contributed by atoms with van der Waals surface area (Å²) in [6.07, 6.45) is 5.22. The molecule has 1 heterocycles. The van der Waals surface area contributed by atoms with Crippen LogP contribution in [-0.2, 0) is 20.9 Å². The first-order valence-electron chi connectivity index (χ1n) is 10.2. The number of benzene rings is 1. The Morgan fingerprint density at radius 1 is 1.19 bits per heavy atom. The normalized spacial score (nSPS) is 28.1. The van der Waals surface area contributed by atoms with Crippen molar-refractivity contribution in [1.29, 1.82) is 0 Å². The lowest BCUT2D eigenvalue weighted by atomic mass is 9.96. The molecule has 1 N–H and O–H groups in total. The summed E-state index contributed by atoms with van der Waals surface area (Å²) in [5, 5.41) is 3.74. The molecule has 3 rings (SSSR count). The standard InChI is InChI=1S/C19H27NO3.C3H8/c1-14-12-22-10-9-18(14)20-17-8-7-16(11-17)19(21)23-13-15-5-3-2-4-6-15;1-3-2/h2-6,14,16-18,20H,7-13H2,1H3;3H2,1-2H3/t14?,16?,17-,18?;/m1./s1. The highest BCUT2D eigenvalue weighted by atomic mass is 16.5. The van der Waals surface area contributed by atoms with E-state index >= 15 is 0 Å². The third-order valence-electron chi connectivity index (χ3n) is 5.08. The summed E-state index contributed by atoms with van der Waals surface area (Å²) in [5.74, 6) is 0.553. The van der Waals surface area contributed by atoms with Crippen LogP contribution in [0, 0.1) is 11.8 Å². The first kappa shape index (κ1) is 20.9. The molecule has 4 nitrogen and oxygen atoms in total. The fourth-order valence-corrected chi connectivity index (χ4v) is 3.62. The lowest BCUT2D eigenvalue weighted by Crippen LogP contribution is -2.45. The van der Waals surface area contributed by atoms with Gasteiger partial charge in [0.15, 0.2) is 0 Å². The van der Waals surface area contributed by atoms with Crippen molar-refractivity contribution in [3.8, 4) is 0 Å². The van der Waals surface area contributed by atoms with Crippen molar-refractivity contribution >= 4 is 5.97 Å². The van der Waals surface area contributed by atoms with Crippen LogP contribution in [-0.4, -0.2) is 31.3 Å². The van der Waals surface area contributed by atoms with Crippen LogP contribution in [0.3, 0.4) is 0 Å². The number of nitrogens with one attached hydrogen (secondary N) is 1. The summed E-state index contributed by atoms with van der Waals surface area (Å²) in [6, 6.07) is 10.8. The van der Waals surface area contributed by atoms with Gasteiger partial charge in [-0.15, -0.1) is 0 Å². The molecule has 2 fully saturated rings. The van der Waals surface area contributed by atoms with Crippen LogP contribution >= 0.6 is 0 Å². The first-order valence-corrected chi connectivity index (χ1v) is 10.2. The number of ether oxygens (including phenoxy) is 2. The SMILES string of the molecule is CC1COCCC1N[C@@H]1CCC(C(=O)OCc2ccccc2)C1.CCC. The summed E-state index contributed by atoms with van der Waals surface area (Å²) in [5.41, 5.74) is 1.05. The van der Waals surface area contributed by atoms with Crippen LogP contribution in [0.15, 0.2) is 30.3 Å². The summed E-state index contributed by atoms with van der Waals surface area (Å²) < 4.78 is 11.0. The third-order valence-corrected chi connectivity index (χ3v) is 5.08. The van der Waals surface area contributed by atoms with Crippen LogP contribution < -0.4 is 5.32 Å². The molecule has 1 aromatic rings. The topological polar surface area (TPSA) is 47.6 Å². The van der Waals surface area contributed by atoms with Crippen LogP contribution in [0.4, 0.5) is 0 Å². The molecule has 1 aliphatic heterocycles. The number of hydrogen-bond acceptors (Lipinski definition) is 4. The van der Waals surface area contributed by atoms with Crippen molar-refractivity contribution in [3.63, 3.8) is 0 Å². The molecule has 1 aromatic carbocycles. The smallest absolute Gasteiger partial charge is 0.309 e. The van der Waals surface area contributed by atoms with Crippen LogP contribution in [0.5, 0.6) is 0 Å². The molecule has 1 saturated carbocycles. The molecule has 3 unspecified atom stereocenters. The molecule has 0 radical (unpaired) electrons. The predicted molar refractivity (Wildman–Crippen MR) is 105 cm³/mol. The van der Waals surface area contributed by atoms with Crippen molar-refractivity contribution in [2.45, 2.75) is 71.6 Å². The van der Waals surface area contributed by atoms with E-state index in [1.807, 2.05) is 30.3 Å². The molecular formula is C22H35NO3. The summed E-state index contributed by atoms with van der Waals surface area (Å²) in [6.45, 7) is 8.55. The molecule has 1 aliphatic carbocycles. The van der Waals surface area contributed by atoms with E-state index in [0.29, 0.717) is 24.6 Å². The van der Waals surface area contributed by atoms with Crippen LogP contribution in [0.2, 0.25) is 0 Å². The Hall–Kier alpha value is -1.39. The molecule has 0 amide bonds. The van der Waals surface area contributed by atoms with Crippen molar-refractivity contribution in [2.24, 2.45) is 11.8 Å². The van der Waals surface area contributed by atoms with Gasteiger partial charge in [0.1, 0.15) is 6.61 Å².